The van der Waals surface area contributed by atoms with Crippen molar-refractivity contribution in [3.05, 3.63) is 24.3 Å². The molecule has 7 nitrogen and oxygen atoms in total. The van der Waals surface area contributed by atoms with Crippen molar-refractivity contribution in [2.45, 2.75) is 31.7 Å². The molecule has 0 N–H and O–H groups in total. The molecule has 0 bridgehead atoms. The van der Waals surface area contributed by atoms with Crippen LogP contribution in [0.4, 0.5) is 6.01 Å². The first-order valence-corrected chi connectivity index (χ1v) is 10.7. The molecule has 1 amide bonds. The summed E-state index contributed by atoms with van der Waals surface area (Å²) in [5.41, 5.74) is 1.76. The Balaban J connectivity index is 1.31. The quantitative estimate of drug-likeness (QED) is 0.743. The van der Waals surface area contributed by atoms with Gasteiger partial charge in [-0.3, -0.25) is 9.69 Å². The molecule has 1 aromatic heterocycles. The van der Waals surface area contributed by atoms with Crippen LogP contribution >= 0.6 is 0 Å². The number of amides is 1. The second-order valence-electron chi connectivity index (χ2n) is 8.27. The summed E-state index contributed by atoms with van der Waals surface area (Å²) in [6, 6.07) is 9.19. The number of fused-ring (bicyclic) bond motifs is 1. The fourth-order valence-corrected chi connectivity index (χ4v) is 4.61. The Hall–Kier alpha value is -2.12. The lowest BCUT2D eigenvalue weighted by atomic mass is 9.93. The third-order valence-electron chi connectivity index (χ3n) is 6.34. The minimum Gasteiger partial charge on any atom is -0.423 e. The van der Waals surface area contributed by atoms with Crippen LogP contribution in [0.25, 0.3) is 11.1 Å². The second-order valence-corrected chi connectivity index (χ2v) is 8.27. The predicted molar refractivity (Wildman–Crippen MR) is 113 cm³/mol. The highest BCUT2D eigenvalue weighted by Crippen LogP contribution is 2.28. The zero-order chi connectivity index (χ0) is 20.2. The molecule has 158 valence electrons. The standard InChI is InChI=1S/C22H32N4O3/c1-24(14-15-28-2)21(27)17-6-5-11-26(16-17)18-9-12-25(13-10-18)22-23-19-7-3-4-8-20(19)29-22/h3-4,7-8,17-18H,5-6,9-16H2,1-2H3/t17-/m1/s1. The van der Waals surface area contributed by atoms with Crippen LogP contribution in [-0.4, -0.2) is 80.2 Å². The molecule has 2 aliphatic heterocycles. The SMILES string of the molecule is COCCN(C)C(=O)[C@@H]1CCCN(C2CCN(c3nc4ccccc4o3)CC2)C1. The molecule has 7 heteroatoms. The van der Waals surface area contributed by atoms with Crippen LogP contribution in [0.2, 0.25) is 0 Å². The van der Waals surface area contributed by atoms with E-state index in [-0.39, 0.29) is 11.8 Å². The minimum absolute atomic E-state index is 0.112. The first-order valence-electron chi connectivity index (χ1n) is 10.7. The minimum atomic E-state index is 0.112. The van der Waals surface area contributed by atoms with Crippen LogP contribution in [0.15, 0.2) is 28.7 Å². The van der Waals surface area contributed by atoms with Gasteiger partial charge in [0, 0.05) is 46.4 Å². The molecule has 29 heavy (non-hydrogen) atoms. The molecule has 2 aromatic rings. The Morgan fingerprint density at radius 3 is 2.79 bits per heavy atom. The number of aromatic nitrogens is 1. The average Bonchev–Trinajstić information content (AvgIpc) is 3.21. The maximum atomic E-state index is 12.8. The molecule has 1 aromatic carbocycles. The predicted octanol–water partition coefficient (Wildman–Crippen LogP) is 2.61. The number of piperidine rings is 2. The largest absolute Gasteiger partial charge is 0.423 e. The number of carbonyl (C=O) groups is 1. The Labute approximate surface area is 172 Å². The highest BCUT2D eigenvalue weighted by Gasteiger charge is 2.33. The van der Waals surface area contributed by atoms with E-state index in [0.717, 1.165) is 69.0 Å². The van der Waals surface area contributed by atoms with Crippen molar-refractivity contribution in [2.24, 2.45) is 5.92 Å². The van der Waals surface area contributed by atoms with Crippen molar-refractivity contribution in [3.63, 3.8) is 0 Å². The number of likely N-dealkylation sites (N-methyl/N-ethyl adjacent to an activating group) is 1. The van der Waals surface area contributed by atoms with Gasteiger partial charge in [0.05, 0.1) is 12.5 Å². The maximum Gasteiger partial charge on any atom is 0.298 e. The van der Waals surface area contributed by atoms with Crippen LogP contribution in [-0.2, 0) is 9.53 Å². The van der Waals surface area contributed by atoms with Crippen LogP contribution in [0.3, 0.4) is 0 Å². The van der Waals surface area contributed by atoms with Gasteiger partial charge < -0.3 is 19.0 Å². The topological polar surface area (TPSA) is 62.1 Å². The Morgan fingerprint density at radius 1 is 1.24 bits per heavy atom. The van der Waals surface area contributed by atoms with Crippen LogP contribution in [0.5, 0.6) is 0 Å². The molecule has 1 atom stereocenters. The molecule has 0 saturated carbocycles. The molecule has 0 spiro atoms. The number of oxazole rings is 1. The van der Waals surface area contributed by atoms with Crippen LogP contribution in [0, 0.1) is 5.92 Å². The monoisotopic (exact) mass is 400 g/mol. The molecule has 2 saturated heterocycles. The normalized spacial score (nSPS) is 21.6. The Morgan fingerprint density at radius 2 is 2.03 bits per heavy atom. The van der Waals surface area contributed by atoms with E-state index in [4.69, 9.17) is 9.15 Å². The number of hydrogen-bond donors (Lipinski definition) is 0. The molecule has 2 aliphatic rings. The number of para-hydroxylation sites is 2. The highest BCUT2D eigenvalue weighted by atomic mass is 16.5. The van der Waals surface area contributed by atoms with E-state index >= 15 is 0 Å². The third-order valence-corrected chi connectivity index (χ3v) is 6.34. The van der Waals surface area contributed by atoms with E-state index in [2.05, 4.69) is 14.8 Å². The zero-order valence-corrected chi connectivity index (χ0v) is 17.5. The van der Waals surface area contributed by atoms with E-state index in [1.165, 1.54) is 0 Å². The number of benzene rings is 1. The Bertz CT molecular complexity index is 782. The number of rotatable bonds is 6. The number of likely N-dealkylation sites (tertiary alicyclic amines) is 1. The Kier molecular flexibility index (Phi) is 6.35. The fourth-order valence-electron chi connectivity index (χ4n) is 4.61. The number of carbonyl (C=O) groups excluding carboxylic acids is 1. The number of nitrogens with zero attached hydrogens (tertiary/aromatic N) is 4. The van der Waals surface area contributed by atoms with E-state index in [9.17, 15) is 4.79 Å². The van der Waals surface area contributed by atoms with Gasteiger partial charge in [0.25, 0.3) is 6.01 Å². The van der Waals surface area contributed by atoms with Crippen molar-refractivity contribution < 1.29 is 13.9 Å². The summed E-state index contributed by atoms with van der Waals surface area (Å²) in [4.78, 5) is 24.0. The number of methoxy groups -OCH3 is 1. The van der Waals surface area contributed by atoms with E-state index in [1.54, 1.807) is 7.11 Å². The molecule has 0 aliphatic carbocycles. The molecule has 0 unspecified atom stereocenters. The van der Waals surface area contributed by atoms with Crippen molar-refractivity contribution in [3.8, 4) is 0 Å². The molecular weight excluding hydrogens is 368 g/mol. The molecule has 3 heterocycles. The smallest absolute Gasteiger partial charge is 0.298 e. The lowest BCUT2D eigenvalue weighted by Crippen LogP contribution is -2.51. The van der Waals surface area contributed by atoms with Gasteiger partial charge in [-0.1, -0.05) is 12.1 Å². The first-order chi connectivity index (χ1) is 14.2. The summed E-state index contributed by atoms with van der Waals surface area (Å²) in [5, 5.41) is 0. The first kappa shape index (κ1) is 20.2. The highest BCUT2D eigenvalue weighted by molar-refractivity contribution is 5.79. The number of ether oxygens (including phenoxy) is 1. The van der Waals surface area contributed by atoms with Crippen molar-refractivity contribution >= 4 is 23.0 Å². The van der Waals surface area contributed by atoms with Crippen molar-refractivity contribution in [1.82, 2.24) is 14.8 Å². The van der Waals surface area contributed by atoms with E-state index in [1.807, 2.05) is 36.2 Å². The van der Waals surface area contributed by atoms with Gasteiger partial charge in [-0.2, -0.15) is 4.98 Å². The molecule has 0 radical (unpaired) electrons. The summed E-state index contributed by atoms with van der Waals surface area (Å²) in [6.45, 7) is 5.12. The number of anilines is 1. The van der Waals surface area contributed by atoms with Gasteiger partial charge in [0.15, 0.2) is 5.58 Å². The fraction of sp³-hybridized carbons (Fsp3) is 0.636. The third kappa shape index (κ3) is 4.56. The molecule has 4 rings (SSSR count). The van der Waals surface area contributed by atoms with Crippen molar-refractivity contribution in [2.75, 3.05) is 58.4 Å². The van der Waals surface area contributed by atoms with E-state index < -0.39 is 0 Å². The summed E-state index contributed by atoms with van der Waals surface area (Å²) in [6.07, 6.45) is 4.26. The lowest BCUT2D eigenvalue weighted by Gasteiger charge is -2.42. The summed E-state index contributed by atoms with van der Waals surface area (Å²) < 4.78 is 11.0. The van der Waals surface area contributed by atoms with Gasteiger partial charge in [0.2, 0.25) is 5.91 Å². The van der Waals surface area contributed by atoms with Crippen molar-refractivity contribution in [1.29, 1.82) is 0 Å². The maximum absolute atomic E-state index is 12.8. The summed E-state index contributed by atoms with van der Waals surface area (Å²) in [7, 11) is 3.56. The zero-order valence-electron chi connectivity index (χ0n) is 17.5. The van der Waals surface area contributed by atoms with Crippen LogP contribution in [0.1, 0.15) is 25.7 Å². The van der Waals surface area contributed by atoms with Gasteiger partial charge in [0.1, 0.15) is 5.52 Å². The summed E-state index contributed by atoms with van der Waals surface area (Å²) in [5.74, 6) is 0.372. The summed E-state index contributed by atoms with van der Waals surface area (Å²) >= 11 is 0. The van der Waals surface area contributed by atoms with E-state index in [0.29, 0.717) is 19.2 Å². The lowest BCUT2D eigenvalue weighted by molar-refractivity contribution is -0.137. The van der Waals surface area contributed by atoms with Crippen LogP contribution < -0.4 is 4.90 Å². The molecular formula is C22H32N4O3. The van der Waals surface area contributed by atoms with Gasteiger partial charge in [-0.25, -0.2) is 0 Å². The number of hydrogen-bond acceptors (Lipinski definition) is 6. The second kappa shape index (κ2) is 9.13. The molecule has 2 fully saturated rings. The van der Waals surface area contributed by atoms with Gasteiger partial charge >= 0.3 is 0 Å². The average molecular weight is 401 g/mol. The van der Waals surface area contributed by atoms with Gasteiger partial charge in [-0.15, -0.1) is 0 Å². The van der Waals surface area contributed by atoms with Gasteiger partial charge in [-0.05, 0) is 44.4 Å².